The van der Waals surface area contributed by atoms with Crippen LogP contribution in [-0.2, 0) is 0 Å². The van der Waals surface area contributed by atoms with Gasteiger partial charge >= 0.3 is 0 Å². The number of hydrogen-bond acceptors (Lipinski definition) is 4. The fourth-order valence-electron chi connectivity index (χ4n) is 1.38. The summed E-state index contributed by atoms with van der Waals surface area (Å²) in [6.07, 6.45) is 1.61. The number of pyridine rings is 1. The van der Waals surface area contributed by atoms with E-state index >= 15 is 0 Å². The number of nitrogens with one attached hydrogen (secondary N) is 1. The first-order chi connectivity index (χ1) is 8.19. The Balaban J connectivity index is 2.25. The van der Waals surface area contributed by atoms with E-state index in [0.29, 0.717) is 16.4 Å². The minimum absolute atomic E-state index is 0.416. The molecular weight excluding hydrogens is 236 g/mol. The summed E-state index contributed by atoms with van der Waals surface area (Å²) in [5.41, 5.74) is 7.63. The van der Waals surface area contributed by atoms with Crippen molar-refractivity contribution in [3.05, 3.63) is 47.1 Å². The van der Waals surface area contributed by atoms with Crippen LogP contribution in [0.4, 0.5) is 17.2 Å². The molecule has 0 aliphatic heterocycles. The molecule has 84 valence electrons. The molecule has 1 heterocycles. The highest BCUT2D eigenvalue weighted by molar-refractivity contribution is 6.32. The zero-order valence-corrected chi connectivity index (χ0v) is 9.57. The van der Waals surface area contributed by atoms with Gasteiger partial charge in [0, 0.05) is 23.6 Å². The van der Waals surface area contributed by atoms with Crippen molar-refractivity contribution in [2.24, 2.45) is 0 Å². The van der Waals surface area contributed by atoms with E-state index < -0.39 is 0 Å². The van der Waals surface area contributed by atoms with Crippen molar-refractivity contribution in [3.8, 4) is 6.07 Å². The SMILES string of the molecule is N#Cc1ccc(Nc2ccnc(N)c2)cc1Cl. The first-order valence-electron chi connectivity index (χ1n) is 4.87. The van der Waals surface area contributed by atoms with Crippen LogP contribution in [0.25, 0.3) is 0 Å². The van der Waals surface area contributed by atoms with Crippen LogP contribution in [0, 0.1) is 11.3 Å². The number of hydrogen-bond donors (Lipinski definition) is 2. The van der Waals surface area contributed by atoms with Crippen molar-refractivity contribution in [1.82, 2.24) is 4.98 Å². The van der Waals surface area contributed by atoms with E-state index in [4.69, 9.17) is 22.6 Å². The molecule has 0 spiro atoms. The minimum atomic E-state index is 0.416. The van der Waals surface area contributed by atoms with E-state index in [9.17, 15) is 0 Å². The summed E-state index contributed by atoms with van der Waals surface area (Å²) in [6.45, 7) is 0. The maximum atomic E-state index is 8.76. The van der Waals surface area contributed by atoms with E-state index in [1.54, 1.807) is 36.5 Å². The monoisotopic (exact) mass is 244 g/mol. The third-order valence-corrected chi connectivity index (χ3v) is 2.47. The van der Waals surface area contributed by atoms with Crippen molar-refractivity contribution in [2.75, 3.05) is 11.1 Å². The van der Waals surface area contributed by atoms with Crippen molar-refractivity contribution in [3.63, 3.8) is 0 Å². The van der Waals surface area contributed by atoms with Crippen LogP contribution in [0.1, 0.15) is 5.56 Å². The molecule has 0 fully saturated rings. The number of benzene rings is 1. The van der Waals surface area contributed by atoms with Crippen molar-refractivity contribution < 1.29 is 0 Å². The summed E-state index contributed by atoms with van der Waals surface area (Å²) in [5.74, 6) is 0.440. The van der Waals surface area contributed by atoms with Crippen LogP contribution in [-0.4, -0.2) is 4.98 Å². The number of anilines is 3. The van der Waals surface area contributed by atoms with Gasteiger partial charge in [0.2, 0.25) is 0 Å². The summed E-state index contributed by atoms with van der Waals surface area (Å²) >= 11 is 5.93. The summed E-state index contributed by atoms with van der Waals surface area (Å²) in [6, 6.07) is 10.6. The number of nitriles is 1. The predicted octanol–water partition coefficient (Wildman–Crippen LogP) is 2.93. The quantitative estimate of drug-likeness (QED) is 0.852. The lowest BCUT2D eigenvalue weighted by Crippen LogP contribution is -1.94. The van der Waals surface area contributed by atoms with Gasteiger partial charge < -0.3 is 11.1 Å². The molecule has 3 N–H and O–H groups in total. The fraction of sp³-hybridized carbons (Fsp3) is 0. The highest BCUT2D eigenvalue weighted by atomic mass is 35.5. The van der Waals surface area contributed by atoms with Gasteiger partial charge in [-0.25, -0.2) is 4.98 Å². The molecule has 0 aliphatic rings. The largest absolute Gasteiger partial charge is 0.384 e. The molecule has 0 bridgehead atoms. The number of nitrogens with two attached hydrogens (primary N) is 1. The first-order valence-corrected chi connectivity index (χ1v) is 5.25. The third kappa shape index (κ3) is 2.65. The maximum absolute atomic E-state index is 8.76. The Morgan fingerprint density at radius 1 is 1.24 bits per heavy atom. The van der Waals surface area contributed by atoms with E-state index in [2.05, 4.69) is 10.3 Å². The second-order valence-electron chi connectivity index (χ2n) is 3.40. The number of nitrogens with zero attached hydrogens (tertiary/aromatic N) is 2. The van der Waals surface area contributed by atoms with Crippen molar-refractivity contribution >= 4 is 28.8 Å². The smallest absolute Gasteiger partial charge is 0.125 e. The minimum Gasteiger partial charge on any atom is -0.384 e. The summed E-state index contributed by atoms with van der Waals surface area (Å²) in [4.78, 5) is 3.90. The molecule has 0 saturated heterocycles. The topological polar surface area (TPSA) is 74.7 Å². The number of nitrogen functional groups attached to an aromatic ring is 1. The molecule has 0 aliphatic carbocycles. The average molecular weight is 245 g/mol. The second kappa shape index (κ2) is 4.73. The number of rotatable bonds is 2. The lowest BCUT2D eigenvalue weighted by Gasteiger charge is -2.07. The zero-order valence-electron chi connectivity index (χ0n) is 8.81. The molecule has 2 rings (SSSR count). The number of aromatic nitrogens is 1. The molecule has 0 unspecified atom stereocenters. The average Bonchev–Trinajstić information content (AvgIpc) is 2.29. The van der Waals surface area contributed by atoms with Gasteiger partial charge in [-0.2, -0.15) is 5.26 Å². The van der Waals surface area contributed by atoms with Crippen LogP contribution < -0.4 is 11.1 Å². The van der Waals surface area contributed by atoms with E-state index in [-0.39, 0.29) is 0 Å². The van der Waals surface area contributed by atoms with Crippen LogP contribution in [0.15, 0.2) is 36.5 Å². The Morgan fingerprint density at radius 3 is 2.65 bits per heavy atom. The summed E-state index contributed by atoms with van der Waals surface area (Å²) < 4.78 is 0. The Morgan fingerprint density at radius 2 is 2.00 bits per heavy atom. The Hall–Kier alpha value is -2.25. The molecule has 0 atom stereocenters. The molecule has 0 saturated carbocycles. The number of halogens is 1. The molecular formula is C12H9ClN4. The first kappa shape index (κ1) is 11.2. The van der Waals surface area contributed by atoms with Crippen LogP contribution in [0.5, 0.6) is 0 Å². The van der Waals surface area contributed by atoms with Gasteiger partial charge in [-0.05, 0) is 24.3 Å². The van der Waals surface area contributed by atoms with E-state index in [1.165, 1.54) is 0 Å². The molecule has 2 aromatic rings. The normalized spacial score (nSPS) is 9.65. The third-order valence-electron chi connectivity index (χ3n) is 2.16. The molecule has 5 heteroatoms. The molecule has 1 aromatic heterocycles. The highest BCUT2D eigenvalue weighted by Gasteiger charge is 2.01. The molecule has 17 heavy (non-hydrogen) atoms. The van der Waals surface area contributed by atoms with Crippen LogP contribution in [0.2, 0.25) is 5.02 Å². The Labute approximate surface area is 104 Å². The van der Waals surface area contributed by atoms with Gasteiger partial charge in [-0.3, -0.25) is 0 Å². The van der Waals surface area contributed by atoms with Gasteiger partial charge in [0.15, 0.2) is 0 Å². The standard InChI is InChI=1S/C12H9ClN4/c13-11-5-9(2-1-8(11)7-14)17-10-3-4-16-12(15)6-10/h1-6H,(H3,15,16,17). The lowest BCUT2D eigenvalue weighted by molar-refractivity contribution is 1.33. The molecule has 4 nitrogen and oxygen atoms in total. The zero-order chi connectivity index (χ0) is 12.3. The summed E-state index contributed by atoms with van der Waals surface area (Å²) in [7, 11) is 0. The van der Waals surface area contributed by atoms with Crippen molar-refractivity contribution in [1.29, 1.82) is 5.26 Å². The van der Waals surface area contributed by atoms with Gasteiger partial charge in [0.05, 0.1) is 10.6 Å². The van der Waals surface area contributed by atoms with Gasteiger partial charge in [0.1, 0.15) is 11.9 Å². The van der Waals surface area contributed by atoms with Gasteiger partial charge in [-0.1, -0.05) is 11.6 Å². The fourth-order valence-corrected chi connectivity index (χ4v) is 1.60. The predicted molar refractivity (Wildman–Crippen MR) is 68.1 cm³/mol. The van der Waals surface area contributed by atoms with Gasteiger partial charge in [-0.15, -0.1) is 0 Å². The van der Waals surface area contributed by atoms with E-state index in [1.807, 2.05) is 6.07 Å². The lowest BCUT2D eigenvalue weighted by atomic mass is 10.2. The van der Waals surface area contributed by atoms with Crippen LogP contribution >= 0.6 is 11.6 Å². The van der Waals surface area contributed by atoms with E-state index in [0.717, 1.165) is 11.4 Å². The second-order valence-corrected chi connectivity index (χ2v) is 3.81. The Kier molecular flexibility index (Phi) is 3.12. The molecule has 0 radical (unpaired) electrons. The van der Waals surface area contributed by atoms with Gasteiger partial charge in [0.25, 0.3) is 0 Å². The Bertz CT molecular complexity index is 589. The van der Waals surface area contributed by atoms with Crippen LogP contribution in [0.3, 0.4) is 0 Å². The molecule has 1 aromatic carbocycles. The highest BCUT2D eigenvalue weighted by Crippen LogP contribution is 2.23. The van der Waals surface area contributed by atoms with Crippen molar-refractivity contribution in [2.45, 2.75) is 0 Å². The molecule has 0 amide bonds. The maximum Gasteiger partial charge on any atom is 0.125 e. The summed E-state index contributed by atoms with van der Waals surface area (Å²) in [5, 5.41) is 12.3.